The SMILES string of the molecule is Cc1nc2sccn2c1C(=O)NCCc1nc(N)n[nH]1. The molecule has 1 amide bonds. The Balaban J connectivity index is 1.67. The molecule has 0 aliphatic rings. The van der Waals surface area contributed by atoms with Gasteiger partial charge >= 0.3 is 0 Å². The molecule has 0 fully saturated rings. The summed E-state index contributed by atoms with van der Waals surface area (Å²) >= 11 is 1.50. The summed E-state index contributed by atoms with van der Waals surface area (Å²) in [6.45, 7) is 2.27. The van der Waals surface area contributed by atoms with Crippen LogP contribution in [0.5, 0.6) is 0 Å². The first kappa shape index (κ1) is 12.6. The maximum Gasteiger partial charge on any atom is 0.270 e. The number of nitrogens with two attached hydrogens (primary N) is 1. The van der Waals surface area contributed by atoms with E-state index in [1.54, 1.807) is 4.40 Å². The number of thiazole rings is 1. The van der Waals surface area contributed by atoms with Crippen molar-refractivity contribution in [3.63, 3.8) is 0 Å². The number of nitrogens with zero attached hydrogens (tertiary/aromatic N) is 4. The zero-order chi connectivity index (χ0) is 14.1. The Bertz CT molecular complexity index is 756. The highest BCUT2D eigenvalue weighted by molar-refractivity contribution is 7.15. The van der Waals surface area contributed by atoms with Crippen LogP contribution >= 0.6 is 11.3 Å². The maximum absolute atomic E-state index is 12.2. The third-order valence-corrected chi connectivity index (χ3v) is 3.60. The van der Waals surface area contributed by atoms with Gasteiger partial charge in [-0.3, -0.25) is 14.3 Å². The number of hydrogen-bond donors (Lipinski definition) is 3. The van der Waals surface area contributed by atoms with Crippen LogP contribution in [0.2, 0.25) is 0 Å². The van der Waals surface area contributed by atoms with Crippen molar-refractivity contribution >= 4 is 28.2 Å². The Labute approximate surface area is 118 Å². The standard InChI is InChI=1S/C11H13N7OS/c1-6-8(18-4-5-20-11(18)14-6)9(19)13-3-2-7-15-10(12)17-16-7/h4-5H,2-3H2,1H3,(H,13,19)(H3,12,15,16,17). The molecule has 0 bridgehead atoms. The van der Waals surface area contributed by atoms with E-state index in [-0.39, 0.29) is 11.9 Å². The smallest absolute Gasteiger partial charge is 0.270 e. The average molecular weight is 291 g/mol. The molecule has 0 unspecified atom stereocenters. The lowest BCUT2D eigenvalue weighted by molar-refractivity contribution is 0.0947. The van der Waals surface area contributed by atoms with E-state index >= 15 is 0 Å². The number of carbonyl (C=O) groups excluding carboxylic acids is 1. The number of aromatic nitrogens is 5. The molecule has 4 N–H and O–H groups in total. The Morgan fingerprint density at radius 2 is 2.40 bits per heavy atom. The van der Waals surface area contributed by atoms with Crippen LogP contribution in [0.15, 0.2) is 11.6 Å². The number of aryl methyl sites for hydroxylation is 1. The van der Waals surface area contributed by atoms with Gasteiger partial charge < -0.3 is 11.1 Å². The van der Waals surface area contributed by atoms with Gasteiger partial charge in [-0.1, -0.05) is 0 Å². The highest BCUT2D eigenvalue weighted by atomic mass is 32.1. The average Bonchev–Trinajstić information content (AvgIpc) is 3.05. The van der Waals surface area contributed by atoms with Crippen LogP contribution in [-0.4, -0.2) is 37.0 Å². The number of H-pyrrole nitrogens is 1. The number of carbonyl (C=O) groups is 1. The van der Waals surface area contributed by atoms with Gasteiger partial charge in [0.1, 0.15) is 11.5 Å². The van der Waals surface area contributed by atoms with Crippen LogP contribution in [-0.2, 0) is 6.42 Å². The van der Waals surface area contributed by atoms with E-state index in [0.29, 0.717) is 24.5 Å². The number of fused-ring (bicyclic) bond motifs is 1. The monoisotopic (exact) mass is 291 g/mol. The van der Waals surface area contributed by atoms with E-state index in [9.17, 15) is 4.79 Å². The molecule has 0 atom stereocenters. The van der Waals surface area contributed by atoms with Gasteiger partial charge in [0.15, 0.2) is 4.96 Å². The minimum atomic E-state index is -0.152. The number of anilines is 1. The third-order valence-electron chi connectivity index (χ3n) is 2.85. The van der Waals surface area contributed by atoms with E-state index in [1.807, 2.05) is 18.5 Å². The van der Waals surface area contributed by atoms with Gasteiger partial charge in [0, 0.05) is 24.5 Å². The minimum Gasteiger partial charge on any atom is -0.367 e. The molecule has 20 heavy (non-hydrogen) atoms. The summed E-state index contributed by atoms with van der Waals surface area (Å²) in [7, 11) is 0. The van der Waals surface area contributed by atoms with E-state index < -0.39 is 0 Å². The lowest BCUT2D eigenvalue weighted by Crippen LogP contribution is -2.27. The van der Waals surface area contributed by atoms with E-state index in [1.165, 1.54) is 11.3 Å². The van der Waals surface area contributed by atoms with Crippen LogP contribution in [0.25, 0.3) is 4.96 Å². The molecule has 0 saturated carbocycles. The fourth-order valence-electron chi connectivity index (χ4n) is 1.97. The molecule has 104 valence electrons. The van der Waals surface area contributed by atoms with Crippen LogP contribution in [0.3, 0.4) is 0 Å². The molecule has 0 spiro atoms. The van der Waals surface area contributed by atoms with Crippen LogP contribution in [0.4, 0.5) is 5.95 Å². The number of hydrogen-bond acceptors (Lipinski definition) is 6. The van der Waals surface area contributed by atoms with Crippen LogP contribution < -0.4 is 11.1 Å². The second kappa shape index (κ2) is 4.93. The van der Waals surface area contributed by atoms with E-state index in [4.69, 9.17) is 5.73 Å². The molecule has 0 aliphatic carbocycles. The number of nitrogen functional groups attached to an aromatic ring is 1. The van der Waals surface area contributed by atoms with Gasteiger partial charge in [-0.2, -0.15) is 4.98 Å². The molecule has 0 aliphatic heterocycles. The highest BCUT2D eigenvalue weighted by Crippen LogP contribution is 2.16. The normalized spacial score (nSPS) is 11.1. The molecule has 9 heteroatoms. The Morgan fingerprint density at radius 1 is 1.55 bits per heavy atom. The highest BCUT2D eigenvalue weighted by Gasteiger charge is 2.16. The summed E-state index contributed by atoms with van der Waals surface area (Å²) in [4.78, 5) is 21.3. The predicted octanol–water partition coefficient (Wildman–Crippen LogP) is 0.377. The van der Waals surface area contributed by atoms with Gasteiger partial charge in [-0.15, -0.1) is 16.4 Å². The molecular weight excluding hydrogens is 278 g/mol. The summed E-state index contributed by atoms with van der Waals surface area (Å²) in [6.07, 6.45) is 2.38. The zero-order valence-corrected chi connectivity index (χ0v) is 11.6. The van der Waals surface area contributed by atoms with E-state index in [2.05, 4.69) is 25.5 Å². The Hall–Kier alpha value is -2.42. The van der Waals surface area contributed by atoms with Crippen molar-refractivity contribution in [2.75, 3.05) is 12.3 Å². The summed E-state index contributed by atoms with van der Waals surface area (Å²) in [5.74, 6) is 0.701. The van der Waals surface area contributed by atoms with Crippen molar-refractivity contribution in [1.82, 2.24) is 29.9 Å². The van der Waals surface area contributed by atoms with Crippen molar-refractivity contribution in [1.29, 1.82) is 0 Å². The fraction of sp³-hybridized carbons (Fsp3) is 0.273. The van der Waals surface area contributed by atoms with Crippen molar-refractivity contribution in [3.8, 4) is 0 Å². The summed E-state index contributed by atoms with van der Waals surface area (Å²) in [5.41, 5.74) is 6.69. The van der Waals surface area contributed by atoms with Crippen molar-refractivity contribution < 1.29 is 4.79 Å². The van der Waals surface area contributed by atoms with Gasteiger partial charge in [0.05, 0.1) is 5.69 Å². The summed E-state index contributed by atoms with van der Waals surface area (Å²) in [6, 6.07) is 0. The molecule has 0 saturated heterocycles. The molecule has 3 heterocycles. The predicted molar refractivity (Wildman–Crippen MR) is 74.6 cm³/mol. The van der Waals surface area contributed by atoms with Gasteiger partial charge in [-0.05, 0) is 6.92 Å². The van der Waals surface area contributed by atoms with Gasteiger partial charge in [-0.25, -0.2) is 4.98 Å². The third kappa shape index (κ3) is 2.23. The summed E-state index contributed by atoms with van der Waals surface area (Å²) < 4.78 is 1.79. The summed E-state index contributed by atoms with van der Waals surface area (Å²) in [5, 5.41) is 11.2. The largest absolute Gasteiger partial charge is 0.367 e. The zero-order valence-electron chi connectivity index (χ0n) is 10.8. The second-order valence-electron chi connectivity index (χ2n) is 4.25. The molecule has 3 aromatic heterocycles. The second-order valence-corrected chi connectivity index (χ2v) is 5.12. The number of imidazole rings is 1. The van der Waals surface area contributed by atoms with Crippen LogP contribution in [0.1, 0.15) is 22.0 Å². The first-order chi connectivity index (χ1) is 9.65. The first-order valence-corrected chi connectivity index (χ1v) is 6.90. The molecule has 0 radical (unpaired) electrons. The number of rotatable bonds is 4. The number of amides is 1. The van der Waals surface area contributed by atoms with Gasteiger partial charge in [0.25, 0.3) is 5.91 Å². The van der Waals surface area contributed by atoms with Gasteiger partial charge in [0.2, 0.25) is 5.95 Å². The number of aromatic amines is 1. The van der Waals surface area contributed by atoms with Crippen LogP contribution in [0, 0.1) is 6.92 Å². The molecular formula is C11H13N7OS. The number of nitrogens with one attached hydrogen (secondary N) is 2. The quantitative estimate of drug-likeness (QED) is 0.643. The maximum atomic E-state index is 12.2. The molecule has 8 nitrogen and oxygen atoms in total. The van der Waals surface area contributed by atoms with Crippen molar-refractivity contribution in [2.24, 2.45) is 0 Å². The first-order valence-electron chi connectivity index (χ1n) is 6.02. The fourth-order valence-corrected chi connectivity index (χ4v) is 2.73. The van der Waals surface area contributed by atoms with Crippen molar-refractivity contribution in [3.05, 3.63) is 28.8 Å². The minimum absolute atomic E-state index is 0.152. The topological polar surface area (TPSA) is 114 Å². The Morgan fingerprint density at radius 3 is 3.15 bits per heavy atom. The van der Waals surface area contributed by atoms with E-state index in [0.717, 1.165) is 10.7 Å². The molecule has 0 aromatic carbocycles. The lowest BCUT2D eigenvalue weighted by atomic mass is 10.3. The Kier molecular flexibility index (Phi) is 3.11. The molecule has 3 aromatic rings. The molecule has 3 rings (SSSR count). The van der Waals surface area contributed by atoms with Crippen molar-refractivity contribution in [2.45, 2.75) is 13.3 Å². The lowest BCUT2D eigenvalue weighted by Gasteiger charge is -2.03.